The first-order valence-electron chi connectivity index (χ1n) is 8.57. The Labute approximate surface area is 138 Å². The number of amides is 2. The van der Waals surface area contributed by atoms with Crippen LogP contribution in [0.25, 0.3) is 0 Å². The molecule has 0 aromatic carbocycles. The smallest absolute Gasteiger partial charge is 0.321 e. The van der Waals surface area contributed by atoms with Gasteiger partial charge in [0.1, 0.15) is 0 Å². The van der Waals surface area contributed by atoms with E-state index in [1.165, 1.54) is 12.8 Å². The molecule has 3 rings (SSSR count). The lowest BCUT2D eigenvalue weighted by Gasteiger charge is -2.35. The van der Waals surface area contributed by atoms with Gasteiger partial charge in [-0.15, -0.1) is 0 Å². The Hall–Kier alpha value is -1.82. The second kappa shape index (κ2) is 7.17. The number of hydrogen-bond acceptors (Lipinski definition) is 4. The van der Waals surface area contributed by atoms with Gasteiger partial charge in [-0.25, -0.2) is 9.78 Å². The first-order valence-corrected chi connectivity index (χ1v) is 8.57. The van der Waals surface area contributed by atoms with E-state index in [2.05, 4.69) is 34.2 Å². The molecule has 1 aromatic heterocycles. The summed E-state index contributed by atoms with van der Waals surface area (Å²) >= 11 is 0. The van der Waals surface area contributed by atoms with Crippen LogP contribution in [-0.4, -0.2) is 67.1 Å². The van der Waals surface area contributed by atoms with Gasteiger partial charge in [0.25, 0.3) is 0 Å². The summed E-state index contributed by atoms with van der Waals surface area (Å²) in [5.41, 5.74) is 0.828. The molecule has 2 fully saturated rings. The molecule has 126 valence electrons. The minimum Gasteiger partial charge on any atom is -0.355 e. The standard InChI is InChI=1S/C17H27N5O/c1-20(2)14-7-12-22(13-8-14)17(23)19-15-6-5-9-18-16(15)21-10-3-4-11-21/h5-6,9,14H,3-4,7-8,10-13H2,1-2H3,(H,19,23). The Morgan fingerprint density at radius 2 is 1.91 bits per heavy atom. The number of piperidine rings is 1. The predicted octanol–water partition coefficient (Wildman–Crippen LogP) is 2.24. The van der Waals surface area contributed by atoms with Crippen molar-refractivity contribution in [2.75, 3.05) is 50.5 Å². The molecule has 1 N–H and O–H groups in total. The Balaban J connectivity index is 1.62. The Morgan fingerprint density at radius 1 is 1.22 bits per heavy atom. The quantitative estimate of drug-likeness (QED) is 0.929. The fourth-order valence-corrected chi connectivity index (χ4v) is 3.46. The largest absolute Gasteiger partial charge is 0.355 e. The van der Waals surface area contributed by atoms with E-state index in [1.807, 2.05) is 17.0 Å². The summed E-state index contributed by atoms with van der Waals surface area (Å²) in [7, 11) is 4.22. The highest BCUT2D eigenvalue weighted by Crippen LogP contribution is 2.26. The van der Waals surface area contributed by atoms with Crippen molar-refractivity contribution >= 4 is 17.5 Å². The van der Waals surface area contributed by atoms with Gasteiger partial charge in [0.2, 0.25) is 0 Å². The number of likely N-dealkylation sites (tertiary alicyclic amines) is 1. The third-order valence-corrected chi connectivity index (χ3v) is 4.92. The van der Waals surface area contributed by atoms with Crippen molar-refractivity contribution in [1.82, 2.24) is 14.8 Å². The van der Waals surface area contributed by atoms with Crippen LogP contribution in [0.1, 0.15) is 25.7 Å². The predicted molar refractivity (Wildman–Crippen MR) is 93.0 cm³/mol. The van der Waals surface area contributed by atoms with Crippen molar-refractivity contribution in [3.8, 4) is 0 Å². The van der Waals surface area contributed by atoms with Gasteiger partial charge in [0, 0.05) is 38.4 Å². The maximum Gasteiger partial charge on any atom is 0.321 e. The van der Waals surface area contributed by atoms with Gasteiger partial charge in [-0.3, -0.25) is 0 Å². The zero-order chi connectivity index (χ0) is 16.2. The van der Waals surface area contributed by atoms with Crippen molar-refractivity contribution < 1.29 is 4.79 Å². The fourth-order valence-electron chi connectivity index (χ4n) is 3.46. The van der Waals surface area contributed by atoms with Crippen LogP contribution in [0.15, 0.2) is 18.3 Å². The molecule has 0 saturated carbocycles. The molecule has 1 aromatic rings. The Kier molecular flexibility index (Phi) is 5.00. The normalized spacial score (nSPS) is 19.4. The van der Waals surface area contributed by atoms with Crippen molar-refractivity contribution in [1.29, 1.82) is 0 Å². The number of carbonyl (C=O) groups is 1. The third-order valence-electron chi connectivity index (χ3n) is 4.92. The first-order chi connectivity index (χ1) is 11.1. The van der Waals surface area contributed by atoms with E-state index < -0.39 is 0 Å². The maximum absolute atomic E-state index is 12.6. The molecular weight excluding hydrogens is 290 g/mol. The fraction of sp³-hybridized carbons (Fsp3) is 0.647. The summed E-state index contributed by atoms with van der Waals surface area (Å²) < 4.78 is 0. The topological polar surface area (TPSA) is 51.7 Å². The van der Waals surface area contributed by atoms with E-state index in [1.54, 1.807) is 6.20 Å². The van der Waals surface area contributed by atoms with E-state index >= 15 is 0 Å². The molecule has 0 atom stereocenters. The minimum absolute atomic E-state index is 0.00402. The number of carbonyl (C=O) groups excluding carboxylic acids is 1. The second-order valence-electron chi connectivity index (χ2n) is 6.68. The van der Waals surface area contributed by atoms with Crippen LogP contribution < -0.4 is 10.2 Å². The van der Waals surface area contributed by atoms with E-state index in [0.29, 0.717) is 6.04 Å². The maximum atomic E-state index is 12.6. The molecule has 2 aliphatic rings. The van der Waals surface area contributed by atoms with Crippen LogP contribution in [0, 0.1) is 0 Å². The number of aromatic nitrogens is 1. The number of hydrogen-bond donors (Lipinski definition) is 1. The molecular formula is C17H27N5O. The highest BCUT2D eigenvalue weighted by atomic mass is 16.2. The number of nitrogens with one attached hydrogen (secondary N) is 1. The summed E-state index contributed by atoms with van der Waals surface area (Å²) in [6.07, 6.45) is 6.26. The van der Waals surface area contributed by atoms with Crippen LogP contribution in [0.3, 0.4) is 0 Å². The van der Waals surface area contributed by atoms with Gasteiger partial charge in [0.15, 0.2) is 5.82 Å². The van der Waals surface area contributed by atoms with Crippen molar-refractivity contribution in [2.45, 2.75) is 31.7 Å². The van der Waals surface area contributed by atoms with Crippen LogP contribution in [0.2, 0.25) is 0 Å². The monoisotopic (exact) mass is 317 g/mol. The number of anilines is 2. The van der Waals surface area contributed by atoms with Crippen molar-refractivity contribution in [2.24, 2.45) is 0 Å². The Morgan fingerprint density at radius 3 is 2.57 bits per heavy atom. The molecule has 6 heteroatoms. The van der Waals surface area contributed by atoms with Crippen LogP contribution in [0.5, 0.6) is 0 Å². The van der Waals surface area contributed by atoms with Gasteiger partial charge >= 0.3 is 6.03 Å². The van der Waals surface area contributed by atoms with Gasteiger partial charge in [-0.1, -0.05) is 0 Å². The molecule has 0 aliphatic carbocycles. The van der Waals surface area contributed by atoms with Crippen molar-refractivity contribution in [3.63, 3.8) is 0 Å². The highest BCUT2D eigenvalue weighted by molar-refractivity contribution is 5.92. The lowest BCUT2D eigenvalue weighted by molar-refractivity contribution is 0.156. The molecule has 2 aliphatic heterocycles. The molecule has 2 saturated heterocycles. The van der Waals surface area contributed by atoms with E-state index in [0.717, 1.165) is 50.5 Å². The Bertz CT molecular complexity index is 534. The van der Waals surface area contributed by atoms with Gasteiger partial charge in [0.05, 0.1) is 5.69 Å². The summed E-state index contributed by atoms with van der Waals surface area (Å²) in [4.78, 5) is 23.5. The van der Waals surface area contributed by atoms with Crippen LogP contribution in [-0.2, 0) is 0 Å². The number of rotatable bonds is 3. The molecule has 3 heterocycles. The summed E-state index contributed by atoms with van der Waals surface area (Å²) in [5, 5.41) is 3.07. The zero-order valence-electron chi connectivity index (χ0n) is 14.2. The minimum atomic E-state index is -0.00402. The summed E-state index contributed by atoms with van der Waals surface area (Å²) in [6, 6.07) is 4.41. The number of nitrogens with zero attached hydrogens (tertiary/aromatic N) is 4. The van der Waals surface area contributed by atoms with E-state index in [9.17, 15) is 4.79 Å². The third kappa shape index (κ3) is 3.75. The lowest BCUT2D eigenvalue weighted by Crippen LogP contribution is -2.46. The SMILES string of the molecule is CN(C)C1CCN(C(=O)Nc2cccnc2N2CCCC2)CC1. The van der Waals surface area contributed by atoms with Gasteiger partial charge in [-0.2, -0.15) is 0 Å². The van der Waals surface area contributed by atoms with Crippen LogP contribution in [0.4, 0.5) is 16.3 Å². The second-order valence-corrected chi connectivity index (χ2v) is 6.68. The molecule has 0 unspecified atom stereocenters. The summed E-state index contributed by atoms with van der Waals surface area (Å²) in [6.45, 7) is 3.67. The highest BCUT2D eigenvalue weighted by Gasteiger charge is 2.25. The van der Waals surface area contributed by atoms with E-state index in [4.69, 9.17) is 0 Å². The van der Waals surface area contributed by atoms with Gasteiger partial charge < -0.3 is 20.0 Å². The molecule has 0 radical (unpaired) electrons. The summed E-state index contributed by atoms with van der Waals surface area (Å²) in [5.74, 6) is 0.904. The first kappa shape index (κ1) is 16.1. The number of pyridine rings is 1. The zero-order valence-corrected chi connectivity index (χ0v) is 14.2. The average molecular weight is 317 g/mol. The molecule has 23 heavy (non-hydrogen) atoms. The molecule has 6 nitrogen and oxygen atoms in total. The lowest BCUT2D eigenvalue weighted by atomic mass is 10.0. The molecule has 0 bridgehead atoms. The average Bonchev–Trinajstić information content (AvgIpc) is 3.09. The number of urea groups is 1. The molecule has 0 spiro atoms. The van der Waals surface area contributed by atoms with Crippen LogP contribution >= 0.6 is 0 Å². The molecule has 2 amide bonds. The van der Waals surface area contributed by atoms with Gasteiger partial charge in [-0.05, 0) is 51.9 Å². The van der Waals surface area contributed by atoms with E-state index in [-0.39, 0.29) is 6.03 Å². The van der Waals surface area contributed by atoms with Crippen molar-refractivity contribution in [3.05, 3.63) is 18.3 Å².